The van der Waals surface area contributed by atoms with Gasteiger partial charge in [-0.3, -0.25) is 4.79 Å². The van der Waals surface area contributed by atoms with Crippen LogP contribution in [0.2, 0.25) is 5.02 Å². The monoisotopic (exact) mass is 338 g/mol. The molecule has 3 nitrogen and oxygen atoms in total. The van der Waals surface area contributed by atoms with Crippen molar-refractivity contribution in [3.05, 3.63) is 58.1 Å². The van der Waals surface area contributed by atoms with Crippen molar-refractivity contribution in [2.24, 2.45) is 0 Å². The summed E-state index contributed by atoms with van der Waals surface area (Å²) in [5.74, 6) is -0.0208. The van der Waals surface area contributed by atoms with Crippen LogP contribution >= 0.6 is 11.6 Å². The smallest absolute Gasteiger partial charge is 0.217 e. The predicted molar refractivity (Wildman–Crippen MR) is 98.5 cm³/mol. The van der Waals surface area contributed by atoms with Crippen LogP contribution in [0, 0.1) is 6.92 Å². The van der Waals surface area contributed by atoms with E-state index in [4.69, 9.17) is 11.6 Å². The van der Waals surface area contributed by atoms with Crippen LogP contribution in [0.5, 0.6) is 0 Å². The number of hydrogen-bond acceptors (Lipinski definition) is 1. The van der Waals surface area contributed by atoms with Crippen LogP contribution in [0.1, 0.15) is 36.6 Å². The Kier molecular flexibility index (Phi) is 3.43. The van der Waals surface area contributed by atoms with Gasteiger partial charge < -0.3 is 9.88 Å². The molecule has 4 rings (SSSR count). The van der Waals surface area contributed by atoms with Crippen molar-refractivity contribution in [1.29, 1.82) is 0 Å². The molecule has 122 valence electrons. The van der Waals surface area contributed by atoms with Gasteiger partial charge in [-0.05, 0) is 31.0 Å². The molecule has 1 N–H and O–H groups in total. The van der Waals surface area contributed by atoms with E-state index >= 15 is 0 Å². The molecule has 2 heterocycles. The fourth-order valence-electron chi connectivity index (χ4n) is 3.95. The first-order chi connectivity index (χ1) is 11.5. The number of nitrogens with one attached hydrogen (secondary N) is 1. The fraction of sp³-hybridized carbons (Fsp3) is 0.250. The molecule has 1 aliphatic rings. The molecular formula is C20H19ClN2O. The highest BCUT2D eigenvalue weighted by Gasteiger charge is 2.29. The molecule has 0 saturated carbocycles. The van der Waals surface area contributed by atoms with Crippen molar-refractivity contribution in [3.63, 3.8) is 0 Å². The summed E-state index contributed by atoms with van der Waals surface area (Å²) >= 11 is 6.39. The summed E-state index contributed by atoms with van der Waals surface area (Å²) in [5, 5.41) is 4.99. The average Bonchev–Trinajstić information content (AvgIpc) is 3.04. The van der Waals surface area contributed by atoms with Gasteiger partial charge >= 0.3 is 0 Å². The Morgan fingerprint density at radius 2 is 2.00 bits per heavy atom. The average molecular weight is 339 g/mol. The third-order valence-corrected chi connectivity index (χ3v) is 5.31. The lowest BCUT2D eigenvalue weighted by molar-refractivity contribution is -0.119. The minimum Gasteiger partial charge on any atom is -0.350 e. The number of aryl methyl sites for hydroxylation is 1. The molecule has 0 aliphatic carbocycles. The van der Waals surface area contributed by atoms with E-state index in [0.29, 0.717) is 0 Å². The van der Waals surface area contributed by atoms with Crippen molar-refractivity contribution in [2.75, 3.05) is 0 Å². The maximum atomic E-state index is 11.6. The molecule has 0 radical (unpaired) electrons. The van der Waals surface area contributed by atoms with E-state index in [0.717, 1.165) is 17.1 Å². The molecule has 1 aromatic heterocycles. The van der Waals surface area contributed by atoms with Crippen LogP contribution < -0.4 is 5.32 Å². The van der Waals surface area contributed by atoms with Gasteiger partial charge in [0.15, 0.2) is 0 Å². The zero-order valence-corrected chi connectivity index (χ0v) is 14.7. The summed E-state index contributed by atoms with van der Waals surface area (Å²) in [6, 6.07) is 12.4. The van der Waals surface area contributed by atoms with Gasteiger partial charge in [0.25, 0.3) is 0 Å². The fourth-order valence-corrected chi connectivity index (χ4v) is 4.10. The second kappa shape index (κ2) is 5.38. The van der Waals surface area contributed by atoms with Gasteiger partial charge in [0, 0.05) is 35.0 Å². The maximum absolute atomic E-state index is 11.6. The molecule has 1 aliphatic heterocycles. The van der Waals surface area contributed by atoms with Crippen LogP contribution in [0.4, 0.5) is 0 Å². The molecule has 0 spiro atoms. The van der Waals surface area contributed by atoms with Crippen molar-refractivity contribution < 1.29 is 4.79 Å². The Hall–Kier alpha value is -2.26. The van der Waals surface area contributed by atoms with Gasteiger partial charge in [0.2, 0.25) is 5.91 Å². The molecule has 0 saturated heterocycles. The molecule has 1 amide bonds. The number of halogens is 1. The second-order valence-corrected chi connectivity index (χ2v) is 6.90. The molecular weight excluding hydrogens is 320 g/mol. The first-order valence-electron chi connectivity index (χ1n) is 8.15. The Bertz CT molecular complexity index is 987. The highest BCUT2D eigenvalue weighted by molar-refractivity contribution is 6.32. The Morgan fingerprint density at radius 3 is 2.75 bits per heavy atom. The van der Waals surface area contributed by atoms with E-state index in [-0.39, 0.29) is 11.9 Å². The first kappa shape index (κ1) is 15.3. The number of hydrogen-bond donors (Lipinski definition) is 1. The second-order valence-electron chi connectivity index (χ2n) is 6.50. The van der Waals surface area contributed by atoms with Gasteiger partial charge in [0.1, 0.15) is 0 Å². The Balaban J connectivity index is 2.08. The molecule has 24 heavy (non-hydrogen) atoms. The van der Waals surface area contributed by atoms with E-state index < -0.39 is 0 Å². The quantitative estimate of drug-likeness (QED) is 0.558. The number of carbonyl (C=O) groups is 1. The predicted octanol–water partition coefficient (Wildman–Crippen LogP) is 4.83. The lowest BCUT2D eigenvalue weighted by Crippen LogP contribution is -2.23. The Morgan fingerprint density at radius 1 is 1.25 bits per heavy atom. The number of rotatable bonds is 2. The van der Waals surface area contributed by atoms with Crippen molar-refractivity contribution in [3.8, 4) is 11.3 Å². The molecule has 4 heteroatoms. The van der Waals surface area contributed by atoms with Crippen LogP contribution in [-0.2, 0) is 11.3 Å². The zero-order valence-electron chi connectivity index (χ0n) is 14.0. The van der Waals surface area contributed by atoms with Crippen LogP contribution in [0.25, 0.3) is 22.2 Å². The summed E-state index contributed by atoms with van der Waals surface area (Å²) in [6.45, 7) is 6.51. The highest BCUT2D eigenvalue weighted by atomic mass is 35.5. The van der Waals surface area contributed by atoms with Crippen molar-refractivity contribution in [1.82, 2.24) is 9.88 Å². The van der Waals surface area contributed by atoms with E-state index in [9.17, 15) is 4.79 Å². The summed E-state index contributed by atoms with van der Waals surface area (Å²) in [4.78, 5) is 11.6. The number of benzene rings is 2. The van der Waals surface area contributed by atoms with E-state index in [1.807, 2.05) is 13.0 Å². The van der Waals surface area contributed by atoms with E-state index in [1.54, 1.807) is 6.92 Å². The third kappa shape index (κ3) is 2.08. The van der Waals surface area contributed by atoms with Crippen LogP contribution in [0.15, 0.2) is 36.4 Å². The summed E-state index contributed by atoms with van der Waals surface area (Å²) in [5.41, 5.74) is 7.18. The number of aromatic nitrogens is 1. The molecule has 0 fully saturated rings. The lowest BCUT2D eigenvalue weighted by atomic mass is 9.97. The molecule has 0 bridgehead atoms. The van der Waals surface area contributed by atoms with Crippen LogP contribution in [-0.4, -0.2) is 10.5 Å². The van der Waals surface area contributed by atoms with Gasteiger partial charge in [-0.15, -0.1) is 0 Å². The summed E-state index contributed by atoms with van der Waals surface area (Å²) < 4.78 is 2.34. The number of nitrogens with zero attached hydrogens (tertiary/aromatic N) is 1. The van der Waals surface area contributed by atoms with E-state index in [2.05, 4.69) is 47.1 Å². The minimum absolute atomic E-state index is 0.0208. The SMILES string of the molecule is CC(=O)NC(C)c1c2n(c3c(C)c(Cl)ccc13)Cc1ccccc1-2. The largest absolute Gasteiger partial charge is 0.350 e. The first-order valence-corrected chi connectivity index (χ1v) is 8.53. The zero-order chi connectivity index (χ0) is 17.0. The summed E-state index contributed by atoms with van der Waals surface area (Å²) in [7, 11) is 0. The van der Waals surface area contributed by atoms with Gasteiger partial charge in [-0.25, -0.2) is 0 Å². The minimum atomic E-state index is -0.0621. The molecule has 1 atom stereocenters. The summed E-state index contributed by atoms with van der Waals surface area (Å²) in [6.07, 6.45) is 0. The molecule has 3 aromatic rings. The lowest BCUT2D eigenvalue weighted by Gasteiger charge is -2.15. The maximum Gasteiger partial charge on any atom is 0.217 e. The van der Waals surface area contributed by atoms with Gasteiger partial charge in [0.05, 0.1) is 17.3 Å². The number of carbonyl (C=O) groups excluding carboxylic acids is 1. The van der Waals surface area contributed by atoms with Gasteiger partial charge in [-0.1, -0.05) is 41.9 Å². The van der Waals surface area contributed by atoms with E-state index in [1.165, 1.54) is 33.3 Å². The number of amides is 1. The highest BCUT2D eigenvalue weighted by Crippen LogP contribution is 2.45. The van der Waals surface area contributed by atoms with Crippen LogP contribution in [0.3, 0.4) is 0 Å². The standard InChI is InChI=1S/C20H19ClN2O/c1-11-17(21)9-8-16-18(12(2)22-13(3)24)20-15-7-5-4-6-14(15)10-23(20)19(11)16/h4-9,12H,10H2,1-3H3,(H,22,24). The van der Waals surface area contributed by atoms with Crippen molar-refractivity contribution >= 4 is 28.4 Å². The van der Waals surface area contributed by atoms with Gasteiger partial charge in [-0.2, -0.15) is 0 Å². The van der Waals surface area contributed by atoms with Crippen molar-refractivity contribution in [2.45, 2.75) is 33.4 Å². The Labute approximate surface area is 146 Å². The number of fused-ring (bicyclic) bond motifs is 5. The molecule has 1 unspecified atom stereocenters. The third-order valence-electron chi connectivity index (χ3n) is 4.90. The molecule has 2 aromatic carbocycles. The normalized spacial score (nSPS) is 13.7. The topological polar surface area (TPSA) is 34.0 Å².